The molecule has 0 unspecified atom stereocenters. The summed E-state index contributed by atoms with van der Waals surface area (Å²) in [5.74, 6) is 0.335. The van der Waals surface area contributed by atoms with Gasteiger partial charge in [0.05, 0.1) is 0 Å². The van der Waals surface area contributed by atoms with Crippen molar-refractivity contribution in [3.8, 4) is 5.75 Å². The monoisotopic (exact) mass is 228 g/mol. The van der Waals surface area contributed by atoms with E-state index in [9.17, 15) is 5.11 Å². The summed E-state index contributed by atoms with van der Waals surface area (Å²) in [4.78, 5) is 2.35. The number of hydrogen-bond acceptors (Lipinski definition) is 3. The molecule has 0 bridgehead atoms. The first-order chi connectivity index (χ1) is 6.86. The molecule has 15 heavy (non-hydrogen) atoms. The lowest BCUT2D eigenvalue weighted by Crippen LogP contribution is -2.27. The Morgan fingerprint density at radius 2 is 1.80 bits per heavy atom. The minimum Gasteiger partial charge on any atom is -0.508 e. The average molecular weight is 229 g/mol. The normalized spacial score (nSPS) is 16.7. The fourth-order valence-corrected chi connectivity index (χ4v) is 1.77. The zero-order valence-electron chi connectivity index (χ0n) is 8.65. The van der Waals surface area contributed by atoms with Gasteiger partial charge in [0.25, 0.3) is 0 Å². The lowest BCUT2D eigenvalue weighted by Gasteiger charge is -2.22. The molecular formula is C11H17ClN2O. The third-order valence-electron chi connectivity index (χ3n) is 2.55. The second-order valence-electron chi connectivity index (χ2n) is 3.61. The van der Waals surface area contributed by atoms with Crippen LogP contribution in [0.1, 0.15) is 6.42 Å². The second kappa shape index (κ2) is 5.83. The van der Waals surface area contributed by atoms with Crippen LogP contribution in [0.25, 0.3) is 0 Å². The molecule has 2 rings (SSSR count). The van der Waals surface area contributed by atoms with Crippen molar-refractivity contribution < 1.29 is 5.11 Å². The van der Waals surface area contributed by atoms with Crippen molar-refractivity contribution >= 4 is 18.1 Å². The van der Waals surface area contributed by atoms with Gasteiger partial charge in [0.2, 0.25) is 0 Å². The SMILES string of the molecule is Cl.Oc1ccc(N2CCCNCC2)cc1. The first kappa shape index (κ1) is 12.1. The fourth-order valence-electron chi connectivity index (χ4n) is 1.77. The Balaban J connectivity index is 0.00000112. The minimum atomic E-state index is 0. The molecule has 84 valence electrons. The van der Waals surface area contributed by atoms with Crippen molar-refractivity contribution in [3.63, 3.8) is 0 Å². The first-order valence-electron chi connectivity index (χ1n) is 5.11. The highest BCUT2D eigenvalue weighted by atomic mass is 35.5. The largest absolute Gasteiger partial charge is 0.508 e. The molecule has 3 nitrogen and oxygen atoms in total. The molecule has 0 spiro atoms. The summed E-state index contributed by atoms with van der Waals surface area (Å²) in [6, 6.07) is 7.43. The summed E-state index contributed by atoms with van der Waals surface area (Å²) in [5.41, 5.74) is 1.20. The first-order valence-corrected chi connectivity index (χ1v) is 5.11. The standard InChI is InChI=1S/C11H16N2O.ClH/c14-11-4-2-10(3-5-11)13-8-1-6-12-7-9-13;/h2-5,12,14H,1,6-9H2;1H. The van der Waals surface area contributed by atoms with Crippen molar-refractivity contribution in [2.24, 2.45) is 0 Å². The van der Waals surface area contributed by atoms with Gasteiger partial charge in [-0.05, 0) is 37.2 Å². The van der Waals surface area contributed by atoms with Gasteiger partial charge in [0.1, 0.15) is 5.75 Å². The Morgan fingerprint density at radius 1 is 1.07 bits per heavy atom. The van der Waals surface area contributed by atoms with E-state index >= 15 is 0 Å². The Labute approximate surface area is 96.5 Å². The summed E-state index contributed by atoms with van der Waals surface area (Å²) >= 11 is 0. The van der Waals surface area contributed by atoms with Crippen LogP contribution in [-0.4, -0.2) is 31.3 Å². The van der Waals surface area contributed by atoms with E-state index in [1.54, 1.807) is 12.1 Å². The Morgan fingerprint density at radius 3 is 2.53 bits per heavy atom. The van der Waals surface area contributed by atoms with E-state index in [1.807, 2.05) is 12.1 Å². The molecule has 0 amide bonds. The third-order valence-corrected chi connectivity index (χ3v) is 2.55. The number of anilines is 1. The van der Waals surface area contributed by atoms with Crippen molar-refractivity contribution in [2.45, 2.75) is 6.42 Å². The van der Waals surface area contributed by atoms with E-state index in [1.165, 1.54) is 12.1 Å². The molecular weight excluding hydrogens is 212 g/mol. The van der Waals surface area contributed by atoms with Gasteiger partial charge in [-0.15, -0.1) is 12.4 Å². The van der Waals surface area contributed by atoms with Gasteiger partial charge in [-0.25, -0.2) is 0 Å². The average Bonchev–Trinajstić information content (AvgIpc) is 2.47. The van der Waals surface area contributed by atoms with Crippen LogP contribution in [-0.2, 0) is 0 Å². The smallest absolute Gasteiger partial charge is 0.115 e. The van der Waals surface area contributed by atoms with Crippen LogP contribution in [0.5, 0.6) is 5.75 Å². The highest BCUT2D eigenvalue weighted by Gasteiger charge is 2.08. The topological polar surface area (TPSA) is 35.5 Å². The van der Waals surface area contributed by atoms with E-state index in [-0.39, 0.29) is 12.4 Å². The second-order valence-corrected chi connectivity index (χ2v) is 3.61. The highest BCUT2D eigenvalue weighted by molar-refractivity contribution is 5.85. The summed E-state index contributed by atoms with van der Waals surface area (Å²) in [6.07, 6.45) is 1.18. The lowest BCUT2D eigenvalue weighted by atomic mass is 10.2. The Hall–Kier alpha value is -0.930. The quantitative estimate of drug-likeness (QED) is 0.767. The molecule has 0 radical (unpaired) electrons. The minimum absolute atomic E-state index is 0. The lowest BCUT2D eigenvalue weighted by molar-refractivity contribution is 0.475. The number of halogens is 1. The van der Waals surface area contributed by atoms with Crippen LogP contribution in [0.2, 0.25) is 0 Å². The van der Waals surface area contributed by atoms with Gasteiger partial charge in [0.15, 0.2) is 0 Å². The molecule has 0 aromatic heterocycles. The molecule has 4 heteroatoms. The Bertz CT molecular complexity index is 281. The molecule has 1 aromatic rings. The van der Waals surface area contributed by atoms with Gasteiger partial charge in [-0.2, -0.15) is 0 Å². The van der Waals surface area contributed by atoms with Crippen molar-refractivity contribution in [3.05, 3.63) is 24.3 Å². The van der Waals surface area contributed by atoms with E-state index < -0.39 is 0 Å². The number of phenolic OH excluding ortho intramolecular Hbond substituents is 1. The van der Waals surface area contributed by atoms with Crippen LogP contribution in [0.4, 0.5) is 5.69 Å². The summed E-state index contributed by atoms with van der Waals surface area (Å²) in [5, 5.41) is 12.5. The van der Waals surface area contributed by atoms with Gasteiger partial charge in [0, 0.05) is 25.3 Å². The molecule has 1 saturated heterocycles. The van der Waals surface area contributed by atoms with E-state index in [2.05, 4.69) is 10.2 Å². The predicted molar refractivity (Wildman–Crippen MR) is 65.1 cm³/mol. The molecule has 1 aliphatic rings. The molecule has 0 saturated carbocycles. The van der Waals surface area contributed by atoms with Crippen molar-refractivity contribution in [1.82, 2.24) is 5.32 Å². The van der Waals surface area contributed by atoms with Gasteiger partial charge in [-0.3, -0.25) is 0 Å². The summed E-state index contributed by atoms with van der Waals surface area (Å²) < 4.78 is 0. The zero-order chi connectivity index (χ0) is 9.80. The van der Waals surface area contributed by atoms with Crippen molar-refractivity contribution in [1.29, 1.82) is 0 Å². The number of phenols is 1. The number of hydrogen-bond donors (Lipinski definition) is 2. The number of nitrogens with zero attached hydrogens (tertiary/aromatic N) is 1. The van der Waals surface area contributed by atoms with Crippen molar-refractivity contribution in [2.75, 3.05) is 31.1 Å². The van der Waals surface area contributed by atoms with Crippen LogP contribution in [0.3, 0.4) is 0 Å². The summed E-state index contributed by atoms with van der Waals surface area (Å²) in [6.45, 7) is 4.29. The number of benzene rings is 1. The van der Waals surface area contributed by atoms with E-state index in [0.717, 1.165) is 26.2 Å². The van der Waals surface area contributed by atoms with E-state index in [4.69, 9.17) is 0 Å². The predicted octanol–water partition coefficient (Wildman–Crippen LogP) is 1.61. The van der Waals surface area contributed by atoms with Crippen LogP contribution >= 0.6 is 12.4 Å². The number of rotatable bonds is 1. The number of nitrogens with one attached hydrogen (secondary N) is 1. The molecule has 1 heterocycles. The third kappa shape index (κ3) is 3.29. The zero-order valence-corrected chi connectivity index (χ0v) is 9.46. The molecule has 1 fully saturated rings. The molecule has 0 atom stereocenters. The number of aromatic hydroxyl groups is 1. The van der Waals surface area contributed by atoms with Gasteiger partial charge >= 0.3 is 0 Å². The van der Waals surface area contributed by atoms with Gasteiger partial charge < -0.3 is 15.3 Å². The Kier molecular flexibility index (Phi) is 4.72. The fraction of sp³-hybridized carbons (Fsp3) is 0.455. The van der Waals surface area contributed by atoms with E-state index in [0.29, 0.717) is 5.75 Å². The van der Waals surface area contributed by atoms with Crippen LogP contribution in [0, 0.1) is 0 Å². The maximum atomic E-state index is 9.18. The molecule has 0 aliphatic carbocycles. The van der Waals surface area contributed by atoms with Crippen LogP contribution < -0.4 is 10.2 Å². The highest BCUT2D eigenvalue weighted by Crippen LogP contribution is 2.18. The van der Waals surface area contributed by atoms with Crippen LogP contribution in [0.15, 0.2) is 24.3 Å². The summed E-state index contributed by atoms with van der Waals surface area (Å²) in [7, 11) is 0. The maximum Gasteiger partial charge on any atom is 0.115 e. The van der Waals surface area contributed by atoms with Gasteiger partial charge in [-0.1, -0.05) is 0 Å². The maximum absolute atomic E-state index is 9.18. The molecule has 1 aromatic carbocycles. The molecule has 2 N–H and O–H groups in total. The molecule has 1 aliphatic heterocycles.